The summed E-state index contributed by atoms with van der Waals surface area (Å²) in [6.07, 6.45) is 1.58. The summed E-state index contributed by atoms with van der Waals surface area (Å²) in [7, 11) is 0. The molecule has 2 nitrogen and oxygen atoms in total. The zero-order chi connectivity index (χ0) is 12.5. The molecule has 17 heavy (non-hydrogen) atoms. The second-order valence-corrected chi connectivity index (χ2v) is 7.34. The van der Waals surface area contributed by atoms with Gasteiger partial charge in [-0.25, -0.2) is 0 Å². The summed E-state index contributed by atoms with van der Waals surface area (Å²) < 4.78 is 0.239. The van der Waals surface area contributed by atoms with Gasteiger partial charge in [-0.2, -0.15) is 0 Å². The second-order valence-electron chi connectivity index (χ2n) is 5.44. The number of rotatable bonds is 2. The van der Waals surface area contributed by atoms with Crippen molar-refractivity contribution in [2.24, 2.45) is 0 Å². The summed E-state index contributed by atoms with van der Waals surface area (Å²) in [4.78, 5) is 12.4. The average molecular weight is 249 g/mol. The molecule has 1 amide bonds. The van der Waals surface area contributed by atoms with Crippen molar-refractivity contribution in [1.29, 1.82) is 0 Å². The summed E-state index contributed by atoms with van der Waals surface area (Å²) in [6, 6.07) is 8.77. The van der Waals surface area contributed by atoms with E-state index in [9.17, 15) is 4.79 Å². The first-order valence-electron chi connectivity index (χ1n) is 6.02. The van der Waals surface area contributed by atoms with Crippen molar-refractivity contribution in [2.45, 2.75) is 49.3 Å². The molecule has 1 heterocycles. The third-order valence-corrected chi connectivity index (χ3v) is 3.82. The smallest absolute Gasteiger partial charge is 0.220 e. The van der Waals surface area contributed by atoms with Crippen LogP contribution in [0.5, 0.6) is 0 Å². The van der Waals surface area contributed by atoms with Crippen molar-refractivity contribution in [3.05, 3.63) is 29.8 Å². The van der Waals surface area contributed by atoms with E-state index in [0.29, 0.717) is 6.42 Å². The predicted molar refractivity (Wildman–Crippen MR) is 72.2 cm³/mol. The average Bonchev–Trinajstić information content (AvgIpc) is 2.63. The molecule has 92 valence electrons. The van der Waals surface area contributed by atoms with Crippen molar-refractivity contribution in [1.82, 2.24) is 5.32 Å². The van der Waals surface area contributed by atoms with Crippen LogP contribution in [0.3, 0.4) is 0 Å². The van der Waals surface area contributed by atoms with Gasteiger partial charge in [0, 0.05) is 16.1 Å². The van der Waals surface area contributed by atoms with Crippen LogP contribution in [0.1, 0.15) is 45.2 Å². The first kappa shape index (κ1) is 12.5. The van der Waals surface area contributed by atoms with Crippen LogP contribution >= 0.6 is 11.8 Å². The number of amides is 1. The highest BCUT2D eigenvalue weighted by Gasteiger charge is 2.22. The van der Waals surface area contributed by atoms with Crippen LogP contribution < -0.4 is 5.32 Å². The Morgan fingerprint density at radius 2 is 1.88 bits per heavy atom. The highest BCUT2D eigenvalue weighted by molar-refractivity contribution is 8.00. The van der Waals surface area contributed by atoms with Gasteiger partial charge in [0.05, 0.1) is 6.04 Å². The van der Waals surface area contributed by atoms with Gasteiger partial charge in [0.2, 0.25) is 5.91 Å². The van der Waals surface area contributed by atoms with Crippen molar-refractivity contribution < 1.29 is 4.79 Å². The van der Waals surface area contributed by atoms with Gasteiger partial charge in [0.25, 0.3) is 0 Å². The third kappa shape index (κ3) is 3.50. The summed E-state index contributed by atoms with van der Waals surface area (Å²) >= 11 is 1.87. The zero-order valence-corrected chi connectivity index (χ0v) is 11.4. The summed E-state index contributed by atoms with van der Waals surface area (Å²) in [5.74, 6) is 0.170. The molecule has 2 rings (SSSR count). The van der Waals surface area contributed by atoms with Gasteiger partial charge in [-0.1, -0.05) is 32.9 Å². The Balaban J connectivity index is 2.05. The Hall–Kier alpha value is -0.960. The number of benzene rings is 1. The quantitative estimate of drug-likeness (QED) is 0.812. The van der Waals surface area contributed by atoms with Gasteiger partial charge in [0.15, 0.2) is 0 Å². The third-order valence-electron chi connectivity index (χ3n) is 2.70. The highest BCUT2D eigenvalue weighted by atomic mass is 32.2. The molecule has 0 saturated carbocycles. The van der Waals surface area contributed by atoms with Gasteiger partial charge in [0.1, 0.15) is 0 Å². The molecule has 1 saturated heterocycles. The Labute approximate surface area is 107 Å². The van der Waals surface area contributed by atoms with Crippen molar-refractivity contribution in [3.63, 3.8) is 0 Å². The topological polar surface area (TPSA) is 29.1 Å². The first-order chi connectivity index (χ1) is 7.94. The summed E-state index contributed by atoms with van der Waals surface area (Å²) in [6.45, 7) is 6.63. The van der Waals surface area contributed by atoms with Crippen LogP contribution in [-0.4, -0.2) is 10.7 Å². The molecule has 1 unspecified atom stereocenters. The van der Waals surface area contributed by atoms with Crippen LogP contribution in [0.4, 0.5) is 0 Å². The zero-order valence-electron chi connectivity index (χ0n) is 10.6. The minimum atomic E-state index is 0.170. The summed E-state index contributed by atoms with van der Waals surface area (Å²) in [5.41, 5.74) is 1.22. The fourth-order valence-corrected chi connectivity index (χ4v) is 2.97. The van der Waals surface area contributed by atoms with E-state index in [1.165, 1.54) is 10.5 Å². The van der Waals surface area contributed by atoms with Crippen LogP contribution in [-0.2, 0) is 4.79 Å². The van der Waals surface area contributed by atoms with Crippen molar-refractivity contribution in [3.8, 4) is 0 Å². The Morgan fingerprint density at radius 1 is 1.24 bits per heavy atom. The molecule has 1 aliphatic rings. The predicted octanol–water partition coefficient (Wildman–Crippen LogP) is 3.53. The number of thioether (sulfide) groups is 1. The Morgan fingerprint density at radius 3 is 2.35 bits per heavy atom. The molecule has 1 aromatic rings. The maximum absolute atomic E-state index is 11.2. The number of hydrogen-bond acceptors (Lipinski definition) is 2. The molecule has 0 spiro atoms. The minimum Gasteiger partial charge on any atom is -0.349 e. The molecule has 1 atom stereocenters. The molecule has 0 bridgehead atoms. The molecule has 0 radical (unpaired) electrons. The fraction of sp³-hybridized carbons (Fsp3) is 0.500. The molecule has 3 heteroatoms. The molecule has 1 N–H and O–H groups in total. The SMILES string of the molecule is CC(C)(C)Sc1ccc(C2CCC(=O)N2)cc1. The van der Waals surface area contributed by atoms with Gasteiger partial charge in [-0.3, -0.25) is 4.79 Å². The fourth-order valence-electron chi connectivity index (χ4n) is 1.99. The maximum atomic E-state index is 11.2. The van der Waals surface area contributed by atoms with E-state index >= 15 is 0 Å². The monoisotopic (exact) mass is 249 g/mol. The molecule has 1 aromatic carbocycles. The van der Waals surface area contributed by atoms with E-state index in [0.717, 1.165) is 6.42 Å². The van der Waals surface area contributed by atoms with E-state index < -0.39 is 0 Å². The maximum Gasteiger partial charge on any atom is 0.220 e. The second kappa shape index (κ2) is 4.73. The van der Waals surface area contributed by atoms with Gasteiger partial charge >= 0.3 is 0 Å². The number of carbonyl (C=O) groups excluding carboxylic acids is 1. The standard InChI is InChI=1S/C14H19NOS/c1-14(2,3)17-11-6-4-10(5-7-11)12-8-9-13(16)15-12/h4-7,12H,8-9H2,1-3H3,(H,15,16). The van der Waals surface area contributed by atoms with Crippen LogP contribution in [0.25, 0.3) is 0 Å². The van der Waals surface area contributed by atoms with Crippen molar-refractivity contribution >= 4 is 17.7 Å². The van der Waals surface area contributed by atoms with Crippen LogP contribution in [0.15, 0.2) is 29.2 Å². The van der Waals surface area contributed by atoms with Crippen molar-refractivity contribution in [2.75, 3.05) is 0 Å². The number of carbonyl (C=O) groups is 1. The lowest BCUT2D eigenvalue weighted by Crippen LogP contribution is -2.18. The lowest BCUT2D eigenvalue weighted by atomic mass is 10.1. The largest absolute Gasteiger partial charge is 0.349 e. The molecule has 1 aliphatic heterocycles. The first-order valence-corrected chi connectivity index (χ1v) is 6.84. The Bertz CT molecular complexity index is 405. The minimum absolute atomic E-state index is 0.170. The Kier molecular flexibility index (Phi) is 3.48. The molecular weight excluding hydrogens is 230 g/mol. The van der Waals surface area contributed by atoms with E-state index in [4.69, 9.17) is 0 Å². The lowest BCUT2D eigenvalue weighted by molar-refractivity contribution is -0.119. The molecule has 1 fully saturated rings. The van der Waals surface area contributed by atoms with Crippen LogP contribution in [0, 0.1) is 0 Å². The highest BCUT2D eigenvalue weighted by Crippen LogP contribution is 2.33. The lowest BCUT2D eigenvalue weighted by Gasteiger charge is -2.18. The molecular formula is C14H19NOS. The van der Waals surface area contributed by atoms with E-state index in [1.54, 1.807) is 0 Å². The number of nitrogens with one attached hydrogen (secondary N) is 1. The normalized spacial score (nSPS) is 20.4. The van der Waals surface area contributed by atoms with Crippen LogP contribution in [0.2, 0.25) is 0 Å². The molecule has 0 aromatic heterocycles. The number of hydrogen-bond donors (Lipinski definition) is 1. The van der Waals surface area contributed by atoms with E-state index in [1.807, 2.05) is 11.8 Å². The summed E-state index contributed by atoms with van der Waals surface area (Å²) in [5, 5.41) is 2.99. The van der Waals surface area contributed by atoms with E-state index in [2.05, 4.69) is 50.4 Å². The van der Waals surface area contributed by atoms with Gasteiger partial charge in [-0.05, 0) is 24.1 Å². The van der Waals surface area contributed by atoms with Gasteiger partial charge in [-0.15, -0.1) is 11.8 Å². The van der Waals surface area contributed by atoms with Gasteiger partial charge < -0.3 is 5.32 Å². The molecule has 0 aliphatic carbocycles. The van der Waals surface area contributed by atoms with E-state index in [-0.39, 0.29) is 16.7 Å².